The van der Waals surface area contributed by atoms with Crippen LogP contribution in [0, 0.1) is 12.8 Å². The molecule has 2 unspecified atom stereocenters. The van der Waals surface area contributed by atoms with Gasteiger partial charge in [-0.25, -0.2) is 4.98 Å². The number of aliphatic hydroxyl groups is 1. The SMILES string of the molecule is Cc1nc(-c2cccc(C(=O)N3CCCC(C(C)O)C3)c2)n[nH]1. The third-order valence-corrected chi connectivity index (χ3v) is 4.39. The van der Waals surface area contributed by atoms with E-state index in [1.54, 1.807) is 6.92 Å². The average Bonchev–Trinajstić information content (AvgIpc) is 3.01. The van der Waals surface area contributed by atoms with Crippen molar-refractivity contribution in [2.45, 2.75) is 32.8 Å². The van der Waals surface area contributed by atoms with Crippen LogP contribution in [-0.4, -0.2) is 50.3 Å². The van der Waals surface area contributed by atoms with E-state index < -0.39 is 0 Å². The van der Waals surface area contributed by atoms with Crippen molar-refractivity contribution in [1.82, 2.24) is 20.1 Å². The van der Waals surface area contributed by atoms with Gasteiger partial charge >= 0.3 is 0 Å². The fourth-order valence-corrected chi connectivity index (χ4v) is 3.03. The second-order valence-electron chi connectivity index (χ2n) is 6.22. The largest absolute Gasteiger partial charge is 0.393 e. The van der Waals surface area contributed by atoms with Gasteiger partial charge in [-0.15, -0.1) is 0 Å². The predicted octanol–water partition coefficient (Wildman–Crippen LogP) is 2.01. The topological polar surface area (TPSA) is 82.1 Å². The summed E-state index contributed by atoms with van der Waals surface area (Å²) in [6.07, 6.45) is 1.52. The number of piperidine rings is 1. The number of rotatable bonds is 3. The van der Waals surface area contributed by atoms with Gasteiger partial charge in [-0.3, -0.25) is 9.89 Å². The number of likely N-dealkylation sites (tertiary alicyclic amines) is 1. The van der Waals surface area contributed by atoms with Crippen LogP contribution in [0.15, 0.2) is 24.3 Å². The normalized spacial score (nSPS) is 19.6. The molecule has 1 aliphatic heterocycles. The van der Waals surface area contributed by atoms with Crippen LogP contribution in [-0.2, 0) is 0 Å². The van der Waals surface area contributed by atoms with E-state index in [2.05, 4.69) is 15.2 Å². The van der Waals surface area contributed by atoms with Crippen molar-refractivity contribution in [3.8, 4) is 11.4 Å². The van der Waals surface area contributed by atoms with Gasteiger partial charge in [-0.05, 0) is 38.8 Å². The number of nitrogens with one attached hydrogen (secondary N) is 1. The van der Waals surface area contributed by atoms with Crippen LogP contribution in [0.25, 0.3) is 11.4 Å². The highest BCUT2D eigenvalue weighted by Crippen LogP contribution is 2.23. The van der Waals surface area contributed by atoms with Gasteiger partial charge in [0.25, 0.3) is 5.91 Å². The highest BCUT2D eigenvalue weighted by molar-refractivity contribution is 5.95. The molecule has 1 aromatic heterocycles. The number of nitrogens with zero attached hydrogens (tertiary/aromatic N) is 3. The summed E-state index contributed by atoms with van der Waals surface area (Å²) in [5.41, 5.74) is 1.46. The molecule has 1 saturated heterocycles. The second kappa shape index (κ2) is 6.50. The number of H-pyrrole nitrogens is 1. The van der Waals surface area contributed by atoms with Gasteiger partial charge in [-0.1, -0.05) is 12.1 Å². The molecule has 0 radical (unpaired) electrons. The number of amides is 1. The van der Waals surface area contributed by atoms with Crippen molar-refractivity contribution >= 4 is 5.91 Å². The number of aromatic amines is 1. The van der Waals surface area contributed by atoms with Crippen molar-refractivity contribution in [3.63, 3.8) is 0 Å². The number of aromatic nitrogens is 3. The summed E-state index contributed by atoms with van der Waals surface area (Å²) >= 11 is 0. The predicted molar refractivity (Wildman–Crippen MR) is 86.9 cm³/mol. The Morgan fingerprint density at radius 3 is 3.00 bits per heavy atom. The standard InChI is InChI=1S/C17H22N4O2/c1-11(22)15-7-4-8-21(10-15)17(23)14-6-3-5-13(9-14)16-18-12(2)19-20-16/h3,5-6,9,11,15,22H,4,7-8,10H2,1-2H3,(H,18,19,20). The first-order valence-electron chi connectivity index (χ1n) is 8.01. The van der Waals surface area contributed by atoms with Crippen LogP contribution in [0.1, 0.15) is 35.9 Å². The van der Waals surface area contributed by atoms with Gasteiger partial charge in [0.15, 0.2) is 5.82 Å². The molecule has 1 aromatic carbocycles. The first-order chi connectivity index (χ1) is 11.0. The Morgan fingerprint density at radius 1 is 1.48 bits per heavy atom. The van der Waals surface area contributed by atoms with Crippen molar-refractivity contribution in [1.29, 1.82) is 0 Å². The fraction of sp³-hybridized carbons (Fsp3) is 0.471. The molecule has 0 bridgehead atoms. The Bertz CT molecular complexity index is 695. The maximum absolute atomic E-state index is 12.8. The molecule has 0 spiro atoms. The van der Waals surface area contributed by atoms with Gasteiger partial charge in [0.1, 0.15) is 5.82 Å². The van der Waals surface area contributed by atoms with Crippen LogP contribution in [0.5, 0.6) is 0 Å². The van der Waals surface area contributed by atoms with Crippen molar-refractivity contribution in [2.24, 2.45) is 5.92 Å². The van der Waals surface area contributed by atoms with Crippen molar-refractivity contribution in [3.05, 3.63) is 35.7 Å². The number of hydrogen-bond acceptors (Lipinski definition) is 4. The molecule has 1 aliphatic rings. The molecular formula is C17H22N4O2. The van der Waals surface area contributed by atoms with E-state index >= 15 is 0 Å². The average molecular weight is 314 g/mol. The van der Waals surface area contributed by atoms with Gasteiger partial charge in [0.05, 0.1) is 6.10 Å². The second-order valence-corrected chi connectivity index (χ2v) is 6.22. The van der Waals surface area contributed by atoms with Gasteiger partial charge in [0.2, 0.25) is 0 Å². The summed E-state index contributed by atoms with van der Waals surface area (Å²) in [6, 6.07) is 7.40. The Morgan fingerprint density at radius 2 is 2.30 bits per heavy atom. The first-order valence-corrected chi connectivity index (χ1v) is 8.01. The van der Waals surface area contributed by atoms with E-state index in [4.69, 9.17) is 0 Å². The van der Waals surface area contributed by atoms with Gasteiger partial charge in [-0.2, -0.15) is 5.10 Å². The van der Waals surface area contributed by atoms with E-state index in [1.165, 1.54) is 0 Å². The van der Waals surface area contributed by atoms with Crippen LogP contribution < -0.4 is 0 Å². The summed E-state index contributed by atoms with van der Waals surface area (Å²) in [6.45, 7) is 4.99. The van der Waals surface area contributed by atoms with Gasteiger partial charge < -0.3 is 10.0 Å². The lowest BCUT2D eigenvalue weighted by molar-refractivity contribution is 0.0466. The molecule has 2 atom stereocenters. The minimum atomic E-state index is -0.381. The summed E-state index contributed by atoms with van der Waals surface area (Å²) in [7, 11) is 0. The Hall–Kier alpha value is -2.21. The molecule has 0 aliphatic carbocycles. The number of aliphatic hydroxyl groups excluding tert-OH is 1. The molecule has 23 heavy (non-hydrogen) atoms. The number of carbonyl (C=O) groups is 1. The van der Waals surface area contributed by atoms with E-state index in [0.29, 0.717) is 17.9 Å². The third-order valence-electron chi connectivity index (χ3n) is 4.39. The Balaban J connectivity index is 1.80. The zero-order valence-corrected chi connectivity index (χ0v) is 13.5. The van der Waals surface area contributed by atoms with Crippen molar-refractivity contribution in [2.75, 3.05) is 13.1 Å². The molecule has 2 heterocycles. The van der Waals surface area contributed by atoms with Crippen LogP contribution in [0.2, 0.25) is 0 Å². The highest BCUT2D eigenvalue weighted by Gasteiger charge is 2.27. The maximum Gasteiger partial charge on any atom is 0.253 e. The molecule has 1 amide bonds. The monoisotopic (exact) mass is 314 g/mol. The van der Waals surface area contributed by atoms with E-state index in [1.807, 2.05) is 36.1 Å². The van der Waals surface area contributed by atoms with Crippen LogP contribution in [0.4, 0.5) is 0 Å². The first kappa shape index (κ1) is 15.7. The molecule has 2 aromatic rings. The highest BCUT2D eigenvalue weighted by atomic mass is 16.3. The molecule has 6 nitrogen and oxygen atoms in total. The minimum Gasteiger partial charge on any atom is -0.393 e. The number of benzene rings is 1. The Labute approximate surface area is 135 Å². The fourth-order valence-electron chi connectivity index (χ4n) is 3.03. The third kappa shape index (κ3) is 3.42. The summed E-state index contributed by atoms with van der Waals surface area (Å²) in [5.74, 6) is 1.50. The lowest BCUT2D eigenvalue weighted by Crippen LogP contribution is -2.42. The van der Waals surface area contributed by atoms with E-state index in [0.717, 1.165) is 30.8 Å². The van der Waals surface area contributed by atoms with E-state index in [-0.39, 0.29) is 17.9 Å². The molecule has 3 rings (SSSR count). The molecule has 1 fully saturated rings. The lowest BCUT2D eigenvalue weighted by atomic mass is 9.93. The Kier molecular flexibility index (Phi) is 4.43. The smallest absolute Gasteiger partial charge is 0.253 e. The lowest BCUT2D eigenvalue weighted by Gasteiger charge is -2.34. The molecule has 6 heteroatoms. The summed E-state index contributed by atoms with van der Waals surface area (Å²) < 4.78 is 0. The number of carbonyl (C=O) groups excluding carboxylic acids is 1. The molecule has 2 N–H and O–H groups in total. The van der Waals surface area contributed by atoms with Crippen LogP contribution in [0.3, 0.4) is 0 Å². The molecular weight excluding hydrogens is 292 g/mol. The molecule has 0 saturated carbocycles. The zero-order valence-electron chi connectivity index (χ0n) is 13.5. The van der Waals surface area contributed by atoms with Crippen LogP contribution >= 0.6 is 0 Å². The van der Waals surface area contributed by atoms with Gasteiger partial charge in [0, 0.05) is 30.1 Å². The quantitative estimate of drug-likeness (QED) is 0.908. The summed E-state index contributed by atoms with van der Waals surface area (Å²) in [5, 5.41) is 16.7. The molecule has 122 valence electrons. The van der Waals surface area contributed by atoms with Crippen molar-refractivity contribution < 1.29 is 9.90 Å². The number of aryl methyl sites for hydroxylation is 1. The van der Waals surface area contributed by atoms with E-state index in [9.17, 15) is 9.90 Å². The summed E-state index contributed by atoms with van der Waals surface area (Å²) in [4.78, 5) is 18.9. The maximum atomic E-state index is 12.8. The minimum absolute atomic E-state index is 0.00413. The number of hydrogen-bond donors (Lipinski definition) is 2. The zero-order chi connectivity index (χ0) is 16.4.